The van der Waals surface area contributed by atoms with E-state index >= 15 is 0 Å². The Morgan fingerprint density at radius 3 is 1.88 bits per heavy atom. The van der Waals surface area contributed by atoms with Crippen molar-refractivity contribution < 1.29 is 0 Å². The molecule has 0 saturated heterocycles. The standard InChI is InChI=1S/C5H7Cl3/c1-3-4(2)5(6,7)8/h2-3H2,1H3. The first kappa shape index (κ1) is 8.61. The molecule has 0 N–H and O–H groups in total. The summed E-state index contributed by atoms with van der Waals surface area (Å²) in [5.41, 5.74) is 0.627. The Balaban J connectivity index is 3.82. The van der Waals surface area contributed by atoms with Gasteiger partial charge < -0.3 is 0 Å². The Labute approximate surface area is 64.4 Å². The van der Waals surface area contributed by atoms with Gasteiger partial charge in [0.2, 0.25) is 3.79 Å². The van der Waals surface area contributed by atoms with Gasteiger partial charge in [-0.25, -0.2) is 0 Å². The first-order valence-corrected chi connectivity index (χ1v) is 3.37. The molecular weight excluding hydrogens is 166 g/mol. The van der Waals surface area contributed by atoms with E-state index in [-0.39, 0.29) is 0 Å². The largest absolute Gasteiger partial charge is 0.211 e. The van der Waals surface area contributed by atoms with Crippen molar-refractivity contribution in [3.05, 3.63) is 12.2 Å². The van der Waals surface area contributed by atoms with Gasteiger partial charge in [0.15, 0.2) is 0 Å². The highest BCUT2D eigenvalue weighted by Crippen LogP contribution is 2.34. The minimum atomic E-state index is -1.27. The van der Waals surface area contributed by atoms with Gasteiger partial charge in [-0.3, -0.25) is 0 Å². The summed E-state index contributed by atoms with van der Waals surface area (Å²) >= 11 is 16.2. The maximum absolute atomic E-state index is 5.42. The lowest BCUT2D eigenvalue weighted by atomic mass is 10.3. The molecule has 8 heavy (non-hydrogen) atoms. The third-order valence-corrected chi connectivity index (χ3v) is 1.63. The Kier molecular flexibility index (Phi) is 3.18. The molecule has 0 fully saturated rings. The fourth-order valence-corrected chi connectivity index (χ4v) is 0.601. The predicted octanol–water partition coefficient (Wildman–Crippen LogP) is 3.32. The number of rotatable bonds is 1. The van der Waals surface area contributed by atoms with E-state index in [1.165, 1.54) is 0 Å². The summed E-state index contributed by atoms with van der Waals surface area (Å²) in [7, 11) is 0. The maximum atomic E-state index is 5.42. The third-order valence-electron chi connectivity index (χ3n) is 0.828. The van der Waals surface area contributed by atoms with Gasteiger partial charge >= 0.3 is 0 Å². The topological polar surface area (TPSA) is 0 Å². The molecule has 0 saturated carbocycles. The molecule has 0 amide bonds. The van der Waals surface area contributed by atoms with Crippen molar-refractivity contribution in [2.24, 2.45) is 0 Å². The summed E-state index contributed by atoms with van der Waals surface area (Å²) in [6, 6.07) is 0. The van der Waals surface area contributed by atoms with Crippen LogP contribution in [0.5, 0.6) is 0 Å². The van der Waals surface area contributed by atoms with Crippen LogP contribution in [0.2, 0.25) is 0 Å². The van der Waals surface area contributed by atoms with Gasteiger partial charge in [-0.2, -0.15) is 0 Å². The molecule has 0 unspecified atom stereocenters. The molecule has 0 aliphatic carbocycles. The summed E-state index contributed by atoms with van der Waals surface area (Å²) in [5.74, 6) is 0. The summed E-state index contributed by atoms with van der Waals surface area (Å²) in [4.78, 5) is 0. The summed E-state index contributed by atoms with van der Waals surface area (Å²) in [6.07, 6.45) is 0.705. The molecule has 0 nitrogen and oxygen atoms in total. The lowest BCUT2D eigenvalue weighted by Gasteiger charge is -2.10. The molecule has 0 aromatic heterocycles. The Bertz CT molecular complexity index is 90.3. The van der Waals surface area contributed by atoms with Gasteiger partial charge in [-0.1, -0.05) is 48.3 Å². The minimum absolute atomic E-state index is 0.627. The van der Waals surface area contributed by atoms with Crippen LogP contribution in [0.3, 0.4) is 0 Å². The van der Waals surface area contributed by atoms with Crippen LogP contribution in [0.15, 0.2) is 12.2 Å². The monoisotopic (exact) mass is 172 g/mol. The van der Waals surface area contributed by atoms with Crippen molar-refractivity contribution in [1.29, 1.82) is 0 Å². The number of allylic oxidation sites excluding steroid dienone is 1. The second kappa shape index (κ2) is 2.95. The van der Waals surface area contributed by atoms with Gasteiger partial charge in [0.1, 0.15) is 0 Å². The first-order chi connectivity index (χ1) is 3.48. The van der Waals surface area contributed by atoms with E-state index in [0.717, 1.165) is 0 Å². The molecule has 0 aromatic carbocycles. The fraction of sp³-hybridized carbons (Fsp3) is 0.600. The van der Waals surface area contributed by atoms with E-state index in [9.17, 15) is 0 Å². The predicted molar refractivity (Wildman–Crippen MR) is 39.7 cm³/mol. The van der Waals surface area contributed by atoms with Crippen molar-refractivity contribution in [1.82, 2.24) is 0 Å². The van der Waals surface area contributed by atoms with Gasteiger partial charge in [0.05, 0.1) is 0 Å². The second-order valence-electron chi connectivity index (χ2n) is 1.45. The van der Waals surface area contributed by atoms with E-state index < -0.39 is 3.79 Å². The molecule has 0 aliphatic rings. The maximum Gasteiger partial charge on any atom is 0.211 e. The van der Waals surface area contributed by atoms with Crippen molar-refractivity contribution in [2.75, 3.05) is 0 Å². The summed E-state index contributed by atoms with van der Waals surface area (Å²) in [6.45, 7) is 5.44. The first-order valence-electron chi connectivity index (χ1n) is 2.23. The zero-order valence-electron chi connectivity index (χ0n) is 4.55. The van der Waals surface area contributed by atoms with E-state index in [0.29, 0.717) is 12.0 Å². The lowest BCUT2D eigenvalue weighted by molar-refractivity contribution is 1.05. The molecule has 0 atom stereocenters. The number of alkyl halides is 3. The quantitative estimate of drug-likeness (QED) is 0.421. The Morgan fingerprint density at radius 1 is 1.50 bits per heavy atom. The number of halogens is 3. The summed E-state index contributed by atoms with van der Waals surface area (Å²) in [5, 5.41) is 0. The molecule has 0 bridgehead atoms. The highest BCUT2D eigenvalue weighted by atomic mass is 35.6. The van der Waals surface area contributed by atoms with Crippen LogP contribution in [-0.2, 0) is 0 Å². The van der Waals surface area contributed by atoms with Crippen LogP contribution in [0, 0.1) is 0 Å². The zero-order valence-corrected chi connectivity index (χ0v) is 6.82. The lowest BCUT2D eigenvalue weighted by Crippen LogP contribution is -2.03. The van der Waals surface area contributed by atoms with Crippen LogP contribution in [-0.4, -0.2) is 3.79 Å². The van der Waals surface area contributed by atoms with E-state index in [4.69, 9.17) is 34.8 Å². The molecule has 0 heterocycles. The zero-order chi connectivity index (χ0) is 6.78. The second-order valence-corrected chi connectivity index (χ2v) is 3.74. The van der Waals surface area contributed by atoms with Crippen LogP contribution in [0.1, 0.15) is 13.3 Å². The Morgan fingerprint density at radius 2 is 1.88 bits per heavy atom. The smallest absolute Gasteiger partial charge is 0.0956 e. The van der Waals surface area contributed by atoms with Crippen molar-refractivity contribution >= 4 is 34.8 Å². The average Bonchev–Trinajstić information content (AvgIpc) is 1.62. The SMILES string of the molecule is C=C(CC)C(Cl)(Cl)Cl. The fourth-order valence-electron chi connectivity index (χ4n) is 0.200. The number of hydrogen-bond acceptors (Lipinski definition) is 0. The molecule has 0 spiro atoms. The van der Waals surface area contributed by atoms with Crippen molar-refractivity contribution in [3.63, 3.8) is 0 Å². The molecule has 0 radical (unpaired) electrons. The third kappa shape index (κ3) is 2.81. The minimum Gasteiger partial charge on any atom is -0.0956 e. The van der Waals surface area contributed by atoms with Gasteiger partial charge in [0.25, 0.3) is 0 Å². The molecule has 48 valence electrons. The van der Waals surface area contributed by atoms with Gasteiger partial charge in [-0.05, 0) is 12.0 Å². The molecule has 0 aromatic rings. The van der Waals surface area contributed by atoms with Crippen LogP contribution < -0.4 is 0 Å². The molecule has 0 aliphatic heterocycles. The molecule has 0 rings (SSSR count). The van der Waals surface area contributed by atoms with E-state index in [1.54, 1.807) is 0 Å². The van der Waals surface area contributed by atoms with E-state index in [1.807, 2.05) is 6.92 Å². The molecule has 3 heteroatoms. The highest BCUT2D eigenvalue weighted by Gasteiger charge is 2.21. The highest BCUT2D eigenvalue weighted by molar-refractivity contribution is 6.69. The van der Waals surface area contributed by atoms with Crippen molar-refractivity contribution in [3.8, 4) is 0 Å². The Hall–Kier alpha value is 0.610. The molecular formula is C5H7Cl3. The summed E-state index contributed by atoms with van der Waals surface area (Å²) < 4.78 is -1.27. The van der Waals surface area contributed by atoms with E-state index in [2.05, 4.69) is 6.58 Å². The average molecular weight is 173 g/mol. The van der Waals surface area contributed by atoms with Crippen LogP contribution in [0.25, 0.3) is 0 Å². The normalized spacial score (nSPS) is 11.5. The van der Waals surface area contributed by atoms with Gasteiger partial charge in [-0.15, -0.1) is 0 Å². The van der Waals surface area contributed by atoms with Gasteiger partial charge in [0, 0.05) is 0 Å². The van der Waals surface area contributed by atoms with Crippen molar-refractivity contribution in [2.45, 2.75) is 17.1 Å². The number of hydrogen-bond donors (Lipinski definition) is 0. The van der Waals surface area contributed by atoms with Crippen LogP contribution in [0.4, 0.5) is 0 Å². The van der Waals surface area contributed by atoms with Crippen LogP contribution >= 0.6 is 34.8 Å².